The fourth-order valence-electron chi connectivity index (χ4n) is 2.16. The van der Waals surface area contributed by atoms with Gasteiger partial charge in [-0.2, -0.15) is 0 Å². The molecule has 1 aliphatic heterocycles. The molecule has 20 heavy (non-hydrogen) atoms. The Balaban J connectivity index is 2.29. The van der Waals surface area contributed by atoms with E-state index in [4.69, 9.17) is 9.84 Å². The number of anilines is 1. The lowest BCUT2D eigenvalue weighted by molar-refractivity contribution is -0.137. The van der Waals surface area contributed by atoms with Gasteiger partial charge in [0.05, 0.1) is 31.1 Å². The van der Waals surface area contributed by atoms with Gasteiger partial charge >= 0.3 is 5.97 Å². The first kappa shape index (κ1) is 14.5. The van der Waals surface area contributed by atoms with Crippen molar-refractivity contribution < 1.29 is 23.1 Å². The van der Waals surface area contributed by atoms with Crippen molar-refractivity contribution in [2.75, 3.05) is 30.1 Å². The normalized spacial score (nSPS) is 21.4. The molecule has 1 aromatic rings. The highest BCUT2D eigenvalue weighted by molar-refractivity contribution is 7.91. The molecule has 0 bridgehead atoms. The lowest BCUT2D eigenvalue weighted by Crippen LogP contribution is -2.49. The van der Waals surface area contributed by atoms with Crippen LogP contribution in [-0.2, 0) is 14.6 Å². The van der Waals surface area contributed by atoms with E-state index in [1.165, 1.54) is 13.4 Å². The third-order valence-corrected chi connectivity index (χ3v) is 4.77. The molecule has 2 heterocycles. The van der Waals surface area contributed by atoms with Crippen molar-refractivity contribution in [1.82, 2.24) is 9.97 Å². The molecule has 8 nitrogen and oxygen atoms in total. The van der Waals surface area contributed by atoms with E-state index in [1.807, 2.05) is 0 Å². The zero-order valence-corrected chi connectivity index (χ0v) is 11.7. The summed E-state index contributed by atoms with van der Waals surface area (Å²) in [5.41, 5.74) is 0. The SMILES string of the molecule is COc1cc(N2CCS(=O)(=O)CC2CC(=O)O)ncn1. The van der Waals surface area contributed by atoms with E-state index in [9.17, 15) is 13.2 Å². The van der Waals surface area contributed by atoms with Gasteiger partial charge in [0.15, 0.2) is 9.84 Å². The van der Waals surface area contributed by atoms with Crippen molar-refractivity contribution in [2.45, 2.75) is 12.5 Å². The van der Waals surface area contributed by atoms with Crippen LogP contribution in [0.3, 0.4) is 0 Å². The number of carboxylic acid groups (broad SMARTS) is 1. The summed E-state index contributed by atoms with van der Waals surface area (Å²) in [6.07, 6.45) is 1.04. The number of rotatable bonds is 4. The number of carbonyl (C=O) groups is 1. The summed E-state index contributed by atoms with van der Waals surface area (Å²) in [5.74, 6) is -0.435. The van der Waals surface area contributed by atoms with Crippen LogP contribution in [0, 0.1) is 0 Å². The highest BCUT2D eigenvalue weighted by Crippen LogP contribution is 2.23. The van der Waals surface area contributed by atoms with Gasteiger partial charge in [0.2, 0.25) is 5.88 Å². The van der Waals surface area contributed by atoms with Crippen LogP contribution >= 0.6 is 0 Å². The monoisotopic (exact) mass is 301 g/mol. The molecule has 1 unspecified atom stereocenters. The number of hydrogen-bond acceptors (Lipinski definition) is 7. The van der Waals surface area contributed by atoms with Crippen molar-refractivity contribution >= 4 is 21.6 Å². The second kappa shape index (κ2) is 5.61. The predicted octanol–water partition coefficient (Wildman–Crippen LogP) is -0.437. The minimum atomic E-state index is -3.21. The molecule has 1 atom stereocenters. The van der Waals surface area contributed by atoms with Crippen LogP contribution < -0.4 is 9.64 Å². The molecule has 1 fully saturated rings. The highest BCUT2D eigenvalue weighted by Gasteiger charge is 2.33. The van der Waals surface area contributed by atoms with Crippen LogP contribution in [0.5, 0.6) is 5.88 Å². The Kier molecular flexibility index (Phi) is 4.07. The molecule has 0 radical (unpaired) electrons. The van der Waals surface area contributed by atoms with Gasteiger partial charge in [-0.25, -0.2) is 18.4 Å². The molecule has 0 spiro atoms. The lowest BCUT2D eigenvalue weighted by atomic mass is 10.2. The van der Waals surface area contributed by atoms with Gasteiger partial charge in [0, 0.05) is 12.6 Å². The Morgan fingerprint density at radius 2 is 2.30 bits per heavy atom. The Labute approximate surface area is 116 Å². The van der Waals surface area contributed by atoms with Crippen molar-refractivity contribution in [3.05, 3.63) is 12.4 Å². The number of methoxy groups -OCH3 is 1. The summed E-state index contributed by atoms with van der Waals surface area (Å²) in [6.45, 7) is 0.209. The van der Waals surface area contributed by atoms with Crippen LogP contribution in [0.15, 0.2) is 12.4 Å². The maximum Gasteiger partial charge on any atom is 0.305 e. The fourth-order valence-corrected chi connectivity index (χ4v) is 3.68. The molecule has 1 N–H and O–H groups in total. The number of hydrogen-bond donors (Lipinski definition) is 1. The first-order valence-electron chi connectivity index (χ1n) is 5.96. The van der Waals surface area contributed by atoms with E-state index in [1.54, 1.807) is 11.0 Å². The van der Waals surface area contributed by atoms with E-state index < -0.39 is 21.8 Å². The van der Waals surface area contributed by atoms with Gasteiger partial charge in [0.1, 0.15) is 12.1 Å². The molecular formula is C11H15N3O5S. The first-order chi connectivity index (χ1) is 9.41. The summed E-state index contributed by atoms with van der Waals surface area (Å²) in [6, 6.07) is 0.929. The fraction of sp³-hybridized carbons (Fsp3) is 0.545. The predicted molar refractivity (Wildman–Crippen MR) is 70.6 cm³/mol. The molecule has 2 rings (SSSR count). The molecule has 9 heteroatoms. The summed E-state index contributed by atoms with van der Waals surface area (Å²) in [5, 5.41) is 8.92. The van der Waals surface area contributed by atoms with E-state index in [-0.39, 0.29) is 24.5 Å². The summed E-state index contributed by atoms with van der Waals surface area (Å²) < 4.78 is 28.3. The van der Waals surface area contributed by atoms with E-state index in [0.29, 0.717) is 11.7 Å². The molecule has 1 aliphatic rings. The molecular weight excluding hydrogens is 286 g/mol. The van der Waals surface area contributed by atoms with Gasteiger partial charge in [-0.3, -0.25) is 4.79 Å². The zero-order valence-electron chi connectivity index (χ0n) is 10.9. The largest absolute Gasteiger partial charge is 0.481 e. The van der Waals surface area contributed by atoms with Crippen molar-refractivity contribution in [3.8, 4) is 5.88 Å². The van der Waals surface area contributed by atoms with E-state index in [0.717, 1.165) is 0 Å². The van der Waals surface area contributed by atoms with Gasteiger partial charge in [-0.1, -0.05) is 0 Å². The third-order valence-electron chi connectivity index (χ3n) is 3.07. The second-order valence-corrected chi connectivity index (χ2v) is 6.71. The Morgan fingerprint density at radius 3 is 2.95 bits per heavy atom. The number of aromatic nitrogens is 2. The number of ether oxygens (including phenoxy) is 1. The lowest BCUT2D eigenvalue weighted by Gasteiger charge is -2.35. The average molecular weight is 301 g/mol. The summed E-state index contributed by atoms with van der Waals surface area (Å²) in [7, 11) is -1.75. The second-order valence-electron chi connectivity index (χ2n) is 4.48. The molecule has 0 aliphatic carbocycles. The number of sulfone groups is 1. The van der Waals surface area contributed by atoms with Crippen LogP contribution in [0.1, 0.15) is 6.42 Å². The van der Waals surface area contributed by atoms with Crippen LogP contribution in [0.25, 0.3) is 0 Å². The van der Waals surface area contributed by atoms with Gasteiger partial charge in [0.25, 0.3) is 0 Å². The Morgan fingerprint density at radius 1 is 1.55 bits per heavy atom. The van der Waals surface area contributed by atoms with Crippen LogP contribution in [-0.4, -0.2) is 60.7 Å². The van der Waals surface area contributed by atoms with Gasteiger partial charge in [-0.05, 0) is 0 Å². The number of aliphatic carboxylic acids is 1. The standard InChI is InChI=1S/C11H15N3O5S/c1-19-10-5-9(12-7-13-10)14-2-3-20(17,18)6-8(14)4-11(15)16/h5,7-8H,2-4,6H2,1H3,(H,15,16). The average Bonchev–Trinajstić information content (AvgIpc) is 2.37. The van der Waals surface area contributed by atoms with Gasteiger partial charge < -0.3 is 14.7 Å². The maximum atomic E-state index is 11.7. The Bertz CT molecular complexity index is 604. The maximum absolute atomic E-state index is 11.7. The third kappa shape index (κ3) is 3.35. The smallest absolute Gasteiger partial charge is 0.305 e. The van der Waals surface area contributed by atoms with Crippen molar-refractivity contribution in [2.24, 2.45) is 0 Å². The molecule has 0 aromatic carbocycles. The first-order valence-corrected chi connectivity index (χ1v) is 7.78. The molecule has 110 valence electrons. The van der Waals surface area contributed by atoms with Crippen LogP contribution in [0.4, 0.5) is 5.82 Å². The molecule has 0 amide bonds. The van der Waals surface area contributed by atoms with Gasteiger partial charge in [-0.15, -0.1) is 0 Å². The highest BCUT2D eigenvalue weighted by atomic mass is 32.2. The van der Waals surface area contributed by atoms with E-state index >= 15 is 0 Å². The molecule has 1 saturated heterocycles. The zero-order chi connectivity index (χ0) is 14.8. The minimum Gasteiger partial charge on any atom is -0.481 e. The number of carboxylic acids is 1. The van der Waals surface area contributed by atoms with Crippen LogP contribution in [0.2, 0.25) is 0 Å². The topological polar surface area (TPSA) is 110 Å². The molecule has 0 saturated carbocycles. The Hall–Kier alpha value is -1.90. The molecule has 1 aromatic heterocycles. The minimum absolute atomic E-state index is 0.0184. The summed E-state index contributed by atoms with van der Waals surface area (Å²) >= 11 is 0. The quantitative estimate of drug-likeness (QED) is 0.797. The van der Waals surface area contributed by atoms with Crippen molar-refractivity contribution in [1.29, 1.82) is 0 Å². The van der Waals surface area contributed by atoms with E-state index in [2.05, 4.69) is 9.97 Å². The van der Waals surface area contributed by atoms with Crippen molar-refractivity contribution in [3.63, 3.8) is 0 Å². The summed E-state index contributed by atoms with van der Waals surface area (Å²) in [4.78, 5) is 20.5. The number of nitrogens with zero attached hydrogens (tertiary/aromatic N) is 3.